The molecular weight excluding hydrogens is 98.9 g/mol. The number of rotatable bonds is 4. The minimum Gasteiger partial charge on any atom is -0.343 e. The lowest BCUT2D eigenvalue weighted by Gasteiger charge is -2.06. The molecule has 0 aliphatic heterocycles. The van der Waals surface area contributed by atoms with Gasteiger partial charge in [0.15, 0.2) is 0 Å². The zero-order valence-electron chi connectivity index (χ0n) is 5.99. The van der Waals surface area contributed by atoms with Gasteiger partial charge in [-0.15, -0.1) is 0 Å². The van der Waals surface area contributed by atoms with Crippen LogP contribution < -0.4 is 10.5 Å². The van der Waals surface area contributed by atoms with E-state index in [4.69, 9.17) is 0 Å². The number of hydrogen-bond donors (Lipinski definition) is 2. The van der Waals surface area contributed by atoms with E-state index >= 15 is 0 Å². The van der Waals surface area contributed by atoms with Gasteiger partial charge >= 0.3 is 6.98 Å². The van der Waals surface area contributed by atoms with Crippen LogP contribution in [-0.2, 0) is 0 Å². The second-order valence-corrected chi connectivity index (χ2v) is 1.84. The van der Waals surface area contributed by atoms with Crippen molar-refractivity contribution < 1.29 is 0 Å². The Kier molecular flexibility index (Phi) is 5.12. The summed E-state index contributed by atoms with van der Waals surface area (Å²) in [7, 11) is 0. The second kappa shape index (κ2) is 5.13. The summed E-state index contributed by atoms with van der Waals surface area (Å²) in [6.07, 6.45) is 0. The molecule has 0 aromatic heterocycles. The van der Waals surface area contributed by atoms with E-state index in [0.29, 0.717) is 6.98 Å². The van der Waals surface area contributed by atoms with Crippen LogP contribution in [0.4, 0.5) is 0 Å². The molecule has 0 fully saturated rings. The molecule has 0 aliphatic rings. The topological polar surface area (TPSA) is 24.1 Å². The van der Waals surface area contributed by atoms with Gasteiger partial charge in [-0.2, -0.15) is 0 Å². The van der Waals surface area contributed by atoms with Crippen molar-refractivity contribution in [2.45, 2.75) is 20.7 Å². The van der Waals surface area contributed by atoms with E-state index in [0.717, 1.165) is 13.1 Å². The van der Waals surface area contributed by atoms with Crippen molar-refractivity contribution in [2.75, 3.05) is 13.1 Å². The van der Waals surface area contributed by atoms with Crippen LogP contribution in [0, 0.1) is 0 Å². The van der Waals surface area contributed by atoms with Crippen molar-refractivity contribution in [3.63, 3.8) is 0 Å². The van der Waals surface area contributed by atoms with Gasteiger partial charge in [0.2, 0.25) is 0 Å². The van der Waals surface area contributed by atoms with Crippen molar-refractivity contribution in [1.82, 2.24) is 10.5 Å². The van der Waals surface area contributed by atoms with Gasteiger partial charge in [-0.3, -0.25) is 0 Å². The molecule has 0 rings (SSSR count). The SMILES string of the molecule is CCNB(C)NCC. The van der Waals surface area contributed by atoms with Gasteiger partial charge in [0.1, 0.15) is 0 Å². The summed E-state index contributed by atoms with van der Waals surface area (Å²) in [5.41, 5.74) is 0. The lowest BCUT2D eigenvalue weighted by molar-refractivity contribution is 0.898. The highest BCUT2D eigenvalue weighted by molar-refractivity contribution is 6.51. The predicted molar refractivity (Wildman–Crippen MR) is 39.0 cm³/mol. The summed E-state index contributed by atoms with van der Waals surface area (Å²) >= 11 is 0. The number of hydrogen-bond acceptors (Lipinski definition) is 2. The summed E-state index contributed by atoms with van der Waals surface area (Å²) in [6, 6.07) is 0. The van der Waals surface area contributed by atoms with Crippen LogP contribution in [0.25, 0.3) is 0 Å². The molecule has 0 spiro atoms. The van der Waals surface area contributed by atoms with Gasteiger partial charge in [0.25, 0.3) is 0 Å². The molecule has 2 nitrogen and oxygen atoms in total. The monoisotopic (exact) mass is 114 g/mol. The maximum atomic E-state index is 3.24. The molecule has 8 heavy (non-hydrogen) atoms. The summed E-state index contributed by atoms with van der Waals surface area (Å²) in [4.78, 5) is 0. The van der Waals surface area contributed by atoms with Gasteiger partial charge in [0, 0.05) is 0 Å². The number of nitrogens with one attached hydrogen (secondary N) is 2. The third-order valence-corrected chi connectivity index (χ3v) is 1.02. The van der Waals surface area contributed by atoms with Crippen molar-refractivity contribution >= 4 is 6.98 Å². The van der Waals surface area contributed by atoms with E-state index in [2.05, 4.69) is 31.1 Å². The van der Waals surface area contributed by atoms with Crippen LogP contribution in [0.15, 0.2) is 0 Å². The first-order chi connectivity index (χ1) is 3.81. The van der Waals surface area contributed by atoms with Gasteiger partial charge in [-0.25, -0.2) is 0 Å². The molecule has 0 saturated carbocycles. The van der Waals surface area contributed by atoms with Crippen LogP contribution in [-0.4, -0.2) is 20.1 Å². The molecule has 0 atom stereocenters. The van der Waals surface area contributed by atoms with Crippen molar-refractivity contribution in [3.8, 4) is 0 Å². The highest BCUT2D eigenvalue weighted by Crippen LogP contribution is 1.65. The smallest absolute Gasteiger partial charge is 0.301 e. The first-order valence-corrected chi connectivity index (χ1v) is 3.28. The lowest BCUT2D eigenvalue weighted by Crippen LogP contribution is -2.44. The van der Waals surface area contributed by atoms with Crippen molar-refractivity contribution in [1.29, 1.82) is 0 Å². The molecule has 2 N–H and O–H groups in total. The summed E-state index contributed by atoms with van der Waals surface area (Å²) < 4.78 is 0. The summed E-state index contributed by atoms with van der Waals surface area (Å²) in [5, 5.41) is 6.47. The van der Waals surface area contributed by atoms with E-state index in [1.54, 1.807) is 0 Å². The average Bonchev–Trinajstić information content (AvgIpc) is 1.68. The molecule has 0 bridgehead atoms. The molecule has 0 saturated heterocycles. The Balaban J connectivity index is 2.92. The molecule has 0 aromatic carbocycles. The first-order valence-electron chi connectivity index (χ1n) is 3.28. The Labute approximate surface area is 52.2 Å². The Morgan fingerprint density at radius 2 is 1.50 bits per heavy atom. The molecule has 48 valence electrons. The van der Waals surface area contributed by atoms with Gasteiger partial charge in [-0.05, 0) is 13.1 Å². The van der Waals surface area contributed by atoms with Crippen molar-refractivity contribution in [2.24, 2.45) is 0 Å². The molecule has 0 unspecified atom stereocenters. The zero-order valence-corrected chi connectivity index (χ0v) is 5.99. The fraction of sp³-hybridized carbons (Fsp3) is 1.00. The molecular formula is C5H15BN2. The van der Waals surface area contributed by atoms with Crippen LogP contribution in [0.3, 0.4) is 0 Å². The average molecular weight is 114 g/mol. The second-order valence-electron chi connectivity index (χ2n) is 1.84. The van der Waals surface area contributed by atoms with E-state index in [-0.39, 0.29) is 0 Å². The molecule has 0 radical (unpaired) electrons. The van der Waals surface area contributed by atoms with E-state index < -0.39 is 0 Å². The zero-order chi connectivity index (χ0) is 6.41. The highest BCUT2D eigenvalue weighted by Gasteiger charge is 1.99. The molecule has 0 aliphatic carbocycles. The Morgan fingerprint density at radius 3 is 1.75 bits per heavy atom. The third-order valence-electron chi connectivity index (χ3n) is 1.02. The molecule has 0 heterocycles. The van der Waals surface area contributed by atoms with Gasteiger partial charge < -0.3 is 10.5 Å². The maximum absolute atomic E-state index is 3.24. The van der Waals surface area contributed by atoms with Crippen molar-refractivity contribution in [3.05, 3.63) is 0 Å². The fourth-order valence-corrected chi connectivity index (χ4v) is 0.685. The third kappa shape index (κ3) is 4.15. The fourth-order valence-electron chi connectivity index (χ4n) is 0.685. The summed E-state index contributed by atoms with van der Waals surface area (Å²) in [6.45, 7) is 8.86. The van der Waals surface area contributed by atoms with Crippen LogP contribution in [0.1, 0.15) is 13.8 Å². The maximum Gasteiger partial charge on any atom is 0.301 e. The lowest BCUT2D eigenvalue weighted by atomic mass is 9.81. The minimum atomic E-state index is 0.463. The van der Waals surface area contributed by atoms with E-state index in [1.807, 2.05) is 0 Å². The molecule has 0 amide bonds. The predicted octanol–water partition coefficient (Wildman–Crippen LogP) is 0.323. The Hall–Kier alpha value is -0.0151. The van der Waals surface area contributed by atoms with Crippen LogP contribution >= 0.6 is 0 Å². The van der Waals surface area contributed by atoms with E-state index in [1.165, 1.54) is 0 Å². The largest absolute Gasteiger partial charge is 0.343 e. The molecule has 3 heteroatoms. The normalized spacial score (nSPS) is 9.38. The van der Waals surface area contributed by atoms with Crippen LogP contribution in [0.2, 0.25) is 6.82 Å². The molecule has 0 aromatic rings. The summed E-state index contributed by atoms with van der Waals surface area (Å²) in [5.74, 6) is 0. The highest BCUT2D eigenvalue weighted by atomic mass is 14.9. The van der Waals surface area contributed by atoms with Gasteiger partial charge in [-0.1, -0.05) is 20.7 Å². The minimum absolute atomic E-state index is 0.463. The quantitative estimate of drug-likeness (QED) is 0.514. The van der Waals surface area contributed by atoms with Gasteiger partial charge in [0.05, 0.1) is 0 Å². The Morgan fingerprint density at radius 1 is 1.12 bits per heavy atom. The standard InChI is InChI=1S/C5H15BN2/c1-4-7-6(3)8-5-2/h7-8H,4-5H2,1-3H3. The van der Waals surface area contributed by atoms with E-state index in [9.17, 15) is 0 Å². The van der Waals surface area contributed by atoms with Crippen LogP contribution in [0.5, 0.6) is 0 Å². The Bertz CT molecular complexity index is 43.7. The first kappa shape index (κ1) is 7.98.